The van der Waals surface area contributed by atoms with E-state index in [1.54, 1.807) is 6.07 Å². The molecule has 0 radical (unpaired) electrons. The Morgan fingerprint density at radius 1 is 1.64 bits per heavy atom. The summed E-state index contributed by atoms with van der Waals surface area (Å²) in [6.07, 6.45) is 0.908. The zero-order valence-corrected chi connectivity index (χ0v) is 8.17. The number of furan rings is 1. The van der Waals surface area contributed by atoms with E-state index in [2.05, 4.69) is 10.6 Å². The second-order valence-corrected chi connectivity index (χ2v) is 3.59. The molecule has 0 aromatic carbocycles. The Hall–Kier alpha value is -1.29. The Morgan fingerprint density at radius 2 is 2.50 bits per heavy atom. The molecule has 1 unspecified atom stereocenters. The monoisotopic (exact) mass is 194 g/mol. The van der Waals surface area contributed by atoms with E-state index in [-0.39, 0.29) is 11.8 Å². The van der Waals surface area contributed by atoms with Crippen LogP contribution in [-0.4, -0.2) is 19.0 Å². The fourth-order valence-electron chi connectivity index (χ4n) is 1.60. The van der Waals surface area contributed by atoms with Gasteiger partial charge in [0.05, 0.1) is 5.92 Å². The lowest BCUT2D eigenvalue weighted by molar-refractivity contribution is -0.119. The molecule has 0 saturated carbocycles. The van der Waals surface area contributed by atoms with Gasteiger partial charge in [-0.15, -0.1) is 0 Å². The maximum absolute atomic E-state index is 11.6. The number of hydrogen-bond acceptors (Lipinski definition) is 3. The number of aryl methyl sites for hydroxylation is 1. The highest BCUT2D eigenvalue weighted by Crippen LogP contribution is 2.15. The van der Waals surface area contributed by atoms with Crippen LogP contribution in [0.15, 0.2) is 16.5 Å². The summed E-state index contributed by atoms with van der Waals surface area (Å²) in [5.74, 6) is 1.48. The smallest absolute Gasteiger partial charge is 0.231 e. The van der Waals surface area contributed by atoms with Crippen LogP contribution >= 0.6 is 0 Å². The van der Waals surface area contributed by atoms with Crippen molar-refractivity contribution in [2.24, 2.45) is 5.92 Å². The van der Waals surface area contributed by atoms with Gasteiger partial charge in [-0.05, 0) is 26.0 Å². The van der Waals surface area contributed by atoms with Gasteiger partial charge in [-0.2, -0.15) is 0 Å². The summed E-state index contributed by atoms with van der Waals surface area (Å²) in [6, 6.07) is 3.61. The molecule has 2 N–H and O–H groups in total. The van der Waals surface area contributed by atoms with Crippen LogP contribution < -0.4 is 10.6 Å². The quantitative estimate of drug-likeness (QED) is 0.742. The van der Waals surface area contributed by atoms with Crippen molar-refractivity contribution >= 4 is 11.8 Å². The Labute approximate surface area is 82.7 Å². The predicted molar refractivity (Wildman–Crippen MR) is 53.1 cm³/mol. The van der Waals surface area contributed by atoms with E-state index in [1.807, 2.05) is 13.0 Å². The molecule has 2 rings (SSSR count). The van der Waals surface area contributed by atoms with Gasteiger partial charge < -0.3 is 9.73 Å². The Balaban J connectivity index is 1.93. The molecular weight excluding hydrogens is 180 g/mol. The van der Waals surface area contributed by atoms with Crippen molar-refractivity contribution in [2.75, 3.05) is 18.4 Å². The number of nitrogens with one attached hydrogen (secondary N) is 2. The highest BCUT2D eigenvalue weighted by Gasteiger charge is 2.22. The van der Waals surface area contributed by atoms with E-state index >= 15 is 0 Å². The van der Waals surface area contributed by atoms with Gasteiger partial charge >= 0.3 is 0 Å². The third-order valence-corrected chi connectivity index (χ3v) is 2.42. The number of hydrogen-bond donors (Lipinski definition) is 2. The third-order valence-electron chi connectivity index (χ3n) is 2.42. The van der Waals surface area contributed by atoms with Crippen LogP contribution in [0.4, 0.5) is 5.88 Å². The molecule has 1 saturated heterocycles. The first-order valence-corrected chi connectivity index (χ1v) is 4.84. The Bertz CT molecular complexity index is 327. The van der Waals surface area contributed by atoms with Gasteiger partial charge in [-0.25, -0.2) is 0 Å². The Kier molecular flexibility index (Phi) is 2.54. The van der Waals surface area contributed by atoms with Crippen LogP contribution in [0.25, 0.3) is 0 Å². The van der Waals surface area contributed by atoms with Gasteiger partial charge in [0, 0.05) is 12.6 Å². The number of anilines is 1. The molecule has 1 aliphatic rings. The average molecular weight is 194 g/mol. The first-order chi connectivity index (χ1) is 6.75. The summed E-state index contributed by atoms with van der Waals surface area (Å²) in [6.45, 7) is 3.55. The highest BCUT2D eigenvalue weighted by molar-refractivity contribution is 5.91. The van der Waals surface area contributed by atoms with Crippen molar-refractivity contribution in [1.82, 2.24) is 5.32 Å². The minimum absolute atomic E-state index is 0.0457. The second kappa shape index (κ2) is 3.84. The van der Waals surface area contributed by atoms with E-state index in [1.165, 1.54) is 0 Å². The lowest BCUT2D eigenvalue weighted by Gasteiger charge is -2.06. The molecule has 1 amide bonds. The lowest BCUT2D eigenvalue weighted by Crippen LogP contribution is -2.24. The van der Waals surface area contributed by atoms with Gasteiger partial charge in [0.1, 0.15) is 5.76 Å². The van der Waals surface area contributed by atoms with Crippen molar-refractivity contribution in [3.05, 3.63) is 17.9 Å². The normalized spacial score (nSPS) is 21.1. The van der Waals surface area contributed by atoms with Gasteiger partial charge in [0.2, 0.25) is 5.91 Å². The zero-order valence-electron chi connectivity index (χ0n) is 8.17. The van der Waals surface area contributed by atoms with Crippen LogP contribution in [0.3, 0.4) is 0 Å². The first-order valence-electron chi connectivity index (χ1n) is 4.84. The van der Waals surface area contributed by atoms with Crippen molar-refractivity contribution in [3.63, 3.8) is 0 Å². The van der Waals surface area contributed by atoms with E-state index in [0.717, 1.165) is 25.3 Å². The fraction of sp³-hybridized carbons (Fsp3) is 0.500. The molecular formula is C10H14N2O2. The molecule has 1 aliphatic heterocycles. The summed E-state index contributed by atoms with van der Waals surface area (Å²) >= 11 is 0. The summed E-state index contributed by atoms with van der Waals surface area (Å²) in [5, 5.41) is 5.91. The van der Waals surface area contributed by atoms with E-state index < -0.39 is 0 Å². The van der Waals surface area contributed by atoms with Crippen molar-refractivity contribution in [2.45, 2.75) is 13.3 Å². The molecule has 1 aromatic heterocycles. The predicted octanol–water partition coefficient (Wildman–Crippen LogP) is 1.14. The van der Waals surface area contributed by atoms with Crippen molar-refractivity contribution in [3.8, 4) is 0 Å². The largest absolute Gasteiger partial charge is 0.446 e. The Morgan fingerprint density at radius 3 is 3.07 bits per heavy atom. The molecule has 1 fully saturated rings. The molecule has 1 atom stereocenters. The maximum atomic E-state index is 11.6. The van der Waals surface area contributed by atoms with Gasteiger partial charge in [0.15, 0.2) is 5.88 Å². The lowest BCUT2D eigenvalue weighted by atomic mass is 10.1. The van der Waals surface area contributed by atoms with Crippen LogP contribution in [0.1, 0.15) is 12.2 Å². The van der Waals surface area contributed by atoms with Crippen molar-refractivity contribution in [1.29, 1.82) is 0 Å². The minimum Gasteiger partial charge on any atom is -0.446 e. The van der Waals surface area contributed by atoms with E-state index in [9.17, 15) is 4.79 Å². The van der Waals surface area contributed by atoms with E-state index in [0.29, 0.717) is 5.88 Å². The molecule has 0 aliphatic carbocycles. The standard InChI is InChI=1S/C10H14N2O2/c1-7-2-3-9(14-7)12-10(13)8-4-5-11-6-8/h2-3,8,11H,4-6H2,1H3,(H,12,13). The van der Waals surface area contributed by atoms with Gasteiger partial charge in [0.25, 0.3) is 0 Å². The number of carbonyl (C=O) groups excluding carboxylic acids is 1. The van der Waals surface area contributed by atoms with Crippen molar-refractivity contribution < 1.29 is 9.21 Å². The molecule has 4 heteroatoms. The van der Waals surface area contributed by atoms with Gasteiger partial charge in [-0.3, -0.25) is 10.1 Å². The molecule has 1 aromatic rings. The highest BCUT2D eigenvalue weighted by atomic mass is 16.4. The fourth-order valence-corrected chi connectivity index (χ4v) is 1.60. The summed E-state index contributed by atoms with van der Waals surface area (Å²) in [7, 11) is 0. The first kappa shape index (κ1) is 9.27. The molecule has 4 nitrogen and oxygen atoms in total. The number of rotatable bonds is 2. The summed E-state index contributed by atoms with van der Waals surface area (Å²) < 4.78 is 5.26. The molecule has 0 spiro atoms. The molecule has 14 heavy (non-hydrogen) atoms. The molecule has 2 heterocycles. The topological polar surface area (TPSA) is 54.3 Å². The van der Waals surface area contributed by atoms with Crippen LogP contribution in [-0.2, 0) is 4.79 Å². The second-order valence-electron chi connectivity index (χ2n) is 3.59. The summed E-state index contributed by atoms with van der Waals surface area (Å²) in [4.78, 5) is 11.6. The third kappa shape index (κ3) is 1.96. The average Bonchev–Trinajstić information content (AvgIpc) is 2.75. The maximum Gasteiger partial charge on any atom is 0.231 e. The summed E-state index contributed by atoms with van der Waals surface area (Å²) in [5.41, 5.74) is 0. The molecule has 76 valence electrons. The van der Waals surface area contributed by atoms with Crippen LogP contribution in [0, 0.1) is 12.8 Å². The van der Waals surface area contributed by atoms with Gasteiger partial charge in [-0.1, -0.05) is 0 Å². The van der Waals surface area contributed by atoms with Crippen LogP contribution in [0.2, 0.25) is 0 Å². The SMILES string of the molecule is Cc1ccc(NC(=O)C2CCNC2)o1. The van der Waals surface area contributed by atoms with E-state index in [4.69, 9.17) is 4.42 Å². The number of amides is 1. The number of carbonyl (C=O) groups is 1. The zero-order chi connectivity index (χ0) is 9.97. The molecule has 0 bridgehead atoms. The van der Waals surface area contributed by atoms with Crippen LogP contribution in [0.5, 0.6) is 0 Å². The minimum atomic E-state index is 0.0457.